The van der Waals surface area contributed by atoms with Crippen LogP contribution in [0.1, 0.15) is 33.6 Å². The van der Waals surface area contributed by atoms with Crippen LogP contribution in [0.25, 0.3) is 0 Å². The summed E-state index contributed by atoms with van der Waals surface area (Å²) in [5, 5.41) is 3.29. The van der Waals surface area contributed by atoms with E-state index in [2.05, 4.69) is 5.32 Å². The van der Waals surface area contributed by atoms with Crippen LogP contribution in [-0.2, 0) is 4.79 Å². The number of halogens is 2. The van der Waals surface area contributed by atoms with Crippen molar-refractivity contribution < 1.29 is 9.53 Å². The molecule has 0 radical (unpaired) electrons. The number of hydrogen-bond acceptors (Lipinski definition) is 3. The summed E-state index contributed by atoms with van der Waals surface area (Å²) in [7, 11) is 0. The molecule has 6 heteroatoms. The first-order chi connectivity index (χ1) is 8.90. The predicted molar refractivity (Wildman–Crippen MR) is 86.0 cm³/mol. The molecule has 1 aromatic carbocycles. The Hall–Kier alpha value is -0.970. The van der Waals surface area contributed by atoms with Gasteiger partial charge in [0.25, 0.3) is 0 Å². The first-order valence-electron chi connectivity index (χ1n) is 6.40. The van der Waals surface area contributed by atoms with E-state index in [-0.39, 0.29) is 30.5 Å². The Morgan fingerprint density at radius 2 is 2.05 bits per heavy atom. The quantitative estimate of drug-likeness (QED) is 0.841. The van der Waals surface area contributed by atoms with E-state index in [1.807, 2.05) is 20.8 Å². The van der Waals surface area contributed by atoms with Crippen molar-refractivity contribution in [3.63, 3.8) is 0 Å². The van der Waals surface area contributed by atoms with Gasteiger partial charge < -0.3 is 15.8 Å². The Labute approximate surface area is 131 Å². The second-order valence-corrected chi connectivity index (χ2v) is 5.25. The number of carbonyl (C=O) groups is 1. The number of para-hydroxylation sites is 1. The highest BCUT2D eigenvalue weighted by Crippen LogP contribution is 2.33. The minimum absolute atomic E-state index is 0. The van der Waals surface area contributed by atoms with Gasteiger partial charge in [-0.05, 0) is 39.3 Å². The molecule has 20 heavy (non-hydrogen) atoms. The Kier molecular flexibility index (Phi) is 8.62. The van der Waals surface area contributed by atoms with E-state index in [0.717, 1.165) is 0 Å². The van der Waals surface area contributed by atoms with Crippen LogP contribution < -0.4 is 15.8 Å². The van der Waals surface area contributed by atoms with E-state index in [1.165, 1.54) is 0 Å². The topological polar surface area (TPSA) is 64.4 Å². The Morgan fingerprint density at radius 1 is 1.40 bits per heavy atom. The second-order valence-electron chi connectivity index (χ2n) is 4.85. The number of hydrogen-bond donors (Lipinski definition) is 2. The van der Waals surface area contributed by atoms with Crippen molar-refractivity contribution in [1.29, 1.82) is 0 Å². The third kappa shape index (κ3) is 6.46. The van der Waals surface area contributed by atoms with E-state index >= 15 is 0 Å². The van der Waals surface area contributed by atoms with Crippen molar-refractivity contribution in [2.45, 2.75) is 45.8 Å². The van der Waals surface area contributed by atoms with Crippen LogP contribution in [-0.4, -0.2) is 18.1 Å². The molecule has 1 amide bonds. The van der Waals surface area contributed by atoms with Gasteiger partial charge in [-0.3, -0.25) is 4.79 Å². The number of carbonyl (C=O) groups excluding carboxylic acids is 1. The smallest absolute Gasteiger partial charge is 0.224 e. The molecule has 0 aliphatic heterocycles. The number of anilines is 1. The Morgan fingerprint density at radius 3 is 2.60 bits per heavy atom. The summed E-state index contributed by atoms with van der Waals surface area (Å²) in [6.45, 7) is 5.69. The molecule has 1 aromatic rings. The first-order valence-corrected chi connectivity index (χ1v) is 6.78. The van der Waals surface area contributed by atoms with Crippen molar-refractivity contribution in [3.05, 3.63) is 23.2 Å². The lowest BCUT2D eigenvalue weighted by molar-refractivity contribution is -0.116. The highest BCUT2D eigenvalue weighted by Gasteiger charge is 2.13. The van der Waals surface area contributed by atoms with Crippen LogP contribution in [0.5, 0.6) is 5.75 Å². The maximum Gasteiger partial charge on any atom is 0.224 e. The van der Waals surface area contributed by atoms with E-state index < -0.39 is 0 Å². The number of amides is 1. The maximum absolute atomic E-state index is 11.8. The average molecular weight is 321 g/mol. The summed E-state index contributed by atoms with van der Waals surface area (Å²) in [6.07, 6.45) is 1.01. The van der Waals surface area contributed by atoms with E-state index in [0.29, 0.717) is 29.3 Å². The number of ether oxygens (including phenoxy) is 1. The molecule has 0 fully saturated rings. The van der Waals surface area contributed by atoms with Crippen molar-refractivity contribution in [2.24, 2.45) is 5.73 Å². The van der Waals surface area contributed by atoms with Gasteiger partial charge in [0.15, 0.2) is 5.75 Å². The minimum Gasteiger partial charge on any atom is -0.487 e. The maximum atomic E-state index is 11.8. The average Bonchev–Trinajstić information content (AvgIpc) is 2.30. The van der Waals surface area contributed by atoms with E-state index in [1.54, 1.807) is 18.2 Å². The summed E-state index contributed by atoms with van der Waals surface area (Å²) >= 11 is 6.09. The lowest BCUT2D eigenvalue weighted by Crippen LogP contribution is -2.20. The monoisotopic (exact) mass is 320 g/mol. The van der Waals surface area contributed by atoms with Crippen LogP contribution in [0.4, 0.5) is 5.69 Å². The first kappa shape index (κ1) is 19.0. The molecule has 1 unspecified atom stereocenters. The molecular formula is C14H22Cl2N2O2. The van der Waals surface area contributed by atoms with Crippen molar-refractivity contribution in [3.8, 4) is 5.75 Å². The molecule has 0 bridgehead atoms. The summed E-state index contributed by atoms with van der Waals surface area (Å²) in [5.74, 6) is 0.418. The SMILES string of the molecule is CC(N)CCC(=O)Nc1cccc(Cl)c1OC(C)C.Cl. The Balaban J connectivity index is 0.00000361. The second kappa shape index (κ2) is 9.06. The Bertz CT molecular complexity index is 437. The lowest BCUT2D eigenvalue weighted by atomic mass is 10.2. The van der Waals surface area contributed by atoms with Gasteiger partial charge in [-0.15, -0.1) is 12.4 Å². The molecule has 3 N–H and O–H groups in total. The molecule has 1 rings (SSSR count). The van der Waals surface area contributed by atoms with Crippen molar-refractivity contribution >= 4 is 35.6 Å². The number of benzene rings is 1. The van der Waals surface area contributed by atoms with Gasteiger partial charge in [-0.1, -0.05) is 17.7 Å². The number of nitrogens with one attached hydrogen (secondary N) is 1. The zero-order valence-electron chi connectivity index (χ0n) is 12.0. The summed E-state index contributed by atoms with van der Waals surface area (Å²) in [4.78, 5) is 11.8. The molecule has 4 nitrogen and oxygen atoms in total. The summed E-state index contributed by atoms with van der Waals surface area (Å²) < 4.78 is 5.63. The fraction of sp³-hybridized carbons (Fsp3) is 0.500. The number of rotatable bonds is 6. The van der Waals surface area contributed by atoms with Gasteiger partial charge >= 0.3 is 0 Å². The molecule has 0 spiro atoms. The van der Waals surface area contributed by atoms with Crippen molar-refractivity contribution in [2.75, 3.05) is 5.32 Å². The molecule has 1 atom stereocenters. The third-order valence-electron chi connectivity index (χ3n) is 2.42. The molecule has 0 aliphatic rings. The zero-order chi connectivity index (χ0) is 14.4. The molecule has 0 saturated carbocycles. The van der Waals surface area contributed by atoms with Gasteiger partial charge in [-0.2, -0.15) is 0 Å². The van der Waals surface area contributed by atoms with Gasteiger partial charge in [0.2, 0.25) is 5.91 Å². The molecule has 0 heterocycles. The number of nitrogens with two attached hydrogens (primary N) is 1. The normalized spacial score (nSPS) is 11.7. The van der Waals surface area contributed by atoms with Crippen LogP contribution >= 0.6 is 24.0 Å². The van der Waals surface area contributed by atoms with Crippen molar-refractivity contribution in [1.82, 2.24) is 0 Å². The molecular weight excluding hydrogens is 299 g/mol. The van der Waals surface area contributed by atoms with Gasteiger partial charge in [0, 0.05) is 12.5 Å². The van der Waals surface area contributed by atoms with Crippen LogP contribution in [0, 0.1) is 0 Å². The predicted octanol–water partition coefficient (Wildman–Crippen LogP) is 3.61. The van der Waals surface area contributed by atoms with Gasteiger partial charge in [-0.25, -0.2) is 0 Å². The summed E-state index contributed by atoms with van der Waals surface area (Å²) in [5.41, 5.74) is 6.22. The molecule has 114 valence electrons. The standard InChI is InChI=1S/C14H21ClN2O2.ClH/c1-9(2)19-14-11(15)5-4-6-12(14)17-13(18)8-7-10(3)16;/h4-6,9-10H,7-8,16H2,1-3H3,(H,17,18);1H. The molecule has 0 aromatic heterocycles. The van der Waals surface area contributed by atoms with Gasteiger partial charge in [0.1, 0.15) is 0 Å². The lowest BCUT2D eigenvalue weighted by Gasteiger charge is -2.16. The fourth-order valence-electron chi connectivity index (χ4n) is 1.53. The highest BCUT2D eigenvalue weighted by atomic mass is 35.5. The van der Waals surface area contributed by atoms with Crippen LogP contribution in [0.3, 0.4) is 0 Å². The highest BCUT2D eigenvalue weighted by molar-refractivity contribution is 6.32. The summed E-state index contributed by atoms with van der Waals surface area (Å²) in [6, 6.07) is 5.29. The molecule has 0 saturated heterocycles. The fourth-order valence-corrected chi connectivity index (χ4v) is 1.75. The van der Waals surface area contributed by atoms with E-state index in [4.69, 9.17) is 22.1 Å². The third-order valence-corrected chi connectivity index (χ3v) is 2.72. The zero-order valence-corrected chi connectivity index (χ0v) is 13.6. The van der Waals surface area contributed by atoms with Crippen LogP contribution in [0.2, 0.25) is 5.02 Å². The van der Waals surface area contributed by atoms with Gasteiger partial charge in [0.05, 0.1) is 16.8 Å². The minimum atomic E-state index is -0.0897. The van der Waals surface area contributed by atoms with Crippen LogP contribution in [0.15, 0.2) is 18.2 Å². The van der Waals surface area contributed by atoms with E-state index in [9.17, 15) is 4.79 Å². The molecule has 0 aliphatic carbocycles. The largest absolute Gasteiger partial charge is 0.487 e.